The minimum atomic E-state index is -0.531. The zero-order chi connectivity index (χ0) is 12.3. The third-order valence-corrected chi connectivity index (χ3v) is 3.09. The van der Waals surface area contributed by atoms with Crippen LogP contribution in [0.1, 0.15) is 27.9 Å². The summed E-state index contributed by atoms with van der Waals surface area (Å²) in [4.78, 5) is 11.9. The van der Waals surface area contributed by atoms with Gasteiger partial charge in [0.2, 0.25) is 0 Å². The molecule has 2 aromatic heterocycles. The Bertz CT molecular complexity index is 493. The van der Waals surface area contributed by atoms with Crippen LogP contribution in [0.2, 0.25) is 0 Å². The van der Waals surface area contributed by atoms with Gasteiger partial charge in [0.1, 0.15) is 11.8 Å². The van der Waals surface area contributed by atoms with Crippen LogP contribution < -0.4 is 5.32 Å². The lowest BCUT2D eigenvalue weighted by Crippen LogP contribution is -2.30. The van der Waals surface area contributed by atoms with Crippen LogP contribution in [0.25, 0.3) is 0 Å². The van der Waals surface area contributed by atoms with Crippen molar-refractivity contribution in [2.75, 3.05) is 6.61 Å². The Morgan fingerprint density at radius 1 is 1.71 bits per heavy atom. The Kier molecular flexibility index (Phi) is 3.55. The molecule has 0 bridgehead atoms. The highest BCUT2D eigenvalue weighted by Crippen LogP contribution is 2.15. The van der Waals surface area contributed by atoms with Gasteiger partial charge in [0.25, 0.3) is 5.91 Å². The molecule has 1 unspecified atom stereocenters. The number of carbonyl (C=O) groups excluding carboxylic acids is 1. The van der Waals surface area contributed by atoms with Crippen LogP contribution in [0, 0.1) is 6.92 Å². The van der Waals surface area contributed by atoms with Crippen LogP contribution in [-0.2, 0) is 0 Å². The lowest BCUT2D eigenvalue weighted by Gasteiger charge is -2.13. The molecule has 1 amide bonds. The molecule has 6 heteroatoms. The number of furan rings is 1. The van der Waals surface area contributed by atoms with E-state index in [4.69, 9.17) is 4.42 Å². The molecule has 0 saturated heterocycles. The summed E-state index contributed by atoms with van der Waals surface area (Å²) in [6, 6.07) is 2.89. The molecule has 17 heavy (non-hydrogen) atoms. The Morgan fingerprint density at radius 3 is 3.06 bits per heavy atom. The van der Waals surface area contributed by atoms with Gasteiger partial charge in [0, 0.05) is 5.38 Å². The number of carbonyl (C=O) groups is 1. The lowest BCUT2D eigenvalue weighted by atomic mass is 10.2. The number of hydrogen-bond donors (Lipinski definition) is 2. The zero-order valence-corrected chi connectivity index (χ0v) is 10.0. The van der Waals surface area contributed by atoms with E-state index in [9.17, 15) is 9.90 Å². The lowest BCUT2D eigenvalue weighted by molar-refractivity contribution is 0.0907. The smallest absolute Gasteiger partial charge is 0.254 e. The van der Waals surface area contributed by atoms with Gasteiger partial charge in [-0.1, -0.05) is 0 Å². The number of amides is 1. The summed E-state index contributed by atoms with van der Waals surface area (Å²) >= 11 is 1.23. The van der Waals surface area contributed by atoms with Gasteiger partial charge in [-0.15, -0.1) is 0 Å². The summed E-state index contributed by atoms with van der Waals surface area (Å²) in [5, 5.41) is 13.6. The molecular weight excluding hydrogens is 240 g/mol. The maximum absolute atomic E-state index is 11.9. The fourth-order valence-corrected chi connectivity index (χ4v) is 2.13. The minimum Gasteiger partial charge on any atom is -0.467 e. The number of rotatable bonds is 4. The van der Waals surface area contributed by atoms with E-state index < -0.39 is 6.04 Å². The Balaban J connectivity index is 2.10. The van der Waals surface area contributed by atoms with Gasteiger partial charge in [0.15, 0.2) is 0 Å². The van der Waals surface area contributed by atoms with Gasteiger partial charge >= 0.3 is 0 Å². The number of aliphatic hydroxyl groups excluding tert-OH is 1. The molecule has 90 valence electrons. The molecule has 0 fully saturated rings. The minimum absolute atomic E-state index is 0.212. The summed E-state index contributed by atoms with van der Waals surface area (Å²) in [5.41, 5.74) is 1.21. The van der Waals surface area contributed by atoms with E-state index in [0.29, 0.717) is 17.0 Å². The first-order valence-electron chi connectivity index (χ1n) is 5.08. The summed E-state index contributed by atoms with van der Waals surface area (Å²) in [6.07, 6.45) is 1.50. The molecule has 0 spiro atoms. The molecule has 0 aliphatic rings. The van der Waals surface area contributed by atoms with Gasteiger partial charge in [-0.05, 0) is 30.6 Å². The molecular formula is C11H12N2O3S. The van der Waals surface area contributed by atoms with Crippen molar-refractivity contribution in [1.29, 1.82) is 0 Å². The van der Waals surface area contributed by atoms with E-state index >= 15 is 0 Å². The predicted octanol–water partition coefficient (Wildman–Crippen LogP) is 1.51. The summed E-state index contributed by atoms with van der Waals surface area (Å²) in [6.45, 7) is 1.56. The number of nitrogens with one attached hydrogen (secondary N) is 1. The first-order valence-corrected chi connectivity index (χ1v) is 5.92. The van der Waals surface area contributed by atoms with Gasteiger partial charge in [-0.25, -0.2) is 0 Å². The van der Waals surface area contributed by atoms with E-state index in [-0.39, 0.29) is 12.5 Å². The molecule has 0 saturated carbocycles. The Labute approximate surface area is 102 Å². The second-order valence-corrected chi connectivity index (χ2v) is 4.17. The van der Waals surface area contributed by atoms with E-state index in [1.165, 1.54) is 17.8 Å². The highest BCUT2D eigenvalue weighted by molar-refractivity contribution is 7.03. The number of aliphatic hydroxyl groups is 1. The monoisotopic (exact) mass is 252 g/mol. The quantitative estimate of drug-likeness (QED) is 0.864. The molecule has 1 atom stereocenters. The highest BCUT2D eigenvalue weighted by atomic mass is 32.1. The van der Waals surface area contributed by atoms with Gasteiger partial charge in [-0.3, -0.25) is 4.79 Å². The molecule has 2 rings (SSSR count). The maximum atomic E-state index is 11.9. The van der Waals surface area contributed by atoms with Crippen molar-refractivity contribution in [3.05, 3.63) is 40.8 Å². The molecule has 0 aromatic carbocycles. The van der Waals surface area contributed by atoms with Crippen molar-refractivity contribution in [2.24, 2.45) is 0 Å². The largest absolute Gasteiger partial charge is 0.467 e. The molecule has 2 N–H and O–H groups in total. The first-order chi connectivity index (χ1) is 8.22. The number of aromatic nitrogens is 1. The number of nitrogens with zero attached hydrogens (tertiary/aromatic N) is 1. The van der Waals surface area contributed by atoms with Gasteiger partial charge < -0.3 is 14.8 Å². The molecule has 5 nitrogen and oxygen atoms in total. The van der Waals surface area contributed by atoms with Crippen molar-refractivity contribution >= 4 is 17.4 Å². The summed E-state index contributed by atoms with van der Waals surface area (Å²) in [5.74, 6) is 0.272. The standard InChI is InChI=1S/C11H12N2O3S/c1-7-8(6-17-13-7)11(15)12-9(5-14)10-3-2-4-16-10/h2-4,6,9,14H,5H2,1H3,(H,12,15). The van der Waals surface area contributed by atoms with Crippen molar-refractivity contribution in [3.63, 3.8) is 0 Å². The first kappa shape index (κ1) is 11.8. The molecule has 0 aliphatic carbocycles. The fraction of sp³-hybridized carbons (Fsp3) is 0.273. The highest BCUT2D eigenvalue weighted by Gasteiger charge is 2.19. The fourth-order valence-electron chi connectivity index (χ4n) is 1.44. The second-order valence-electron chi connectivity index (χ2n) is 3.54. The van der Waals surface area contributed by atoms with Crippen LogP contribution in [0.3, 0.4) is 0 Å². The van der Waals surface area contributed by atoms with E-state index in [2.05, 4.69) is 9.69 Å². The second kappa shape index (κ2) is 5.11. The molecule has 2 heterocycles. The van der Waals surface area contributed by atoms with Crippen molar-refractivity contribution in [1.82, 2.24) is 9.69 Å². The normalized spacial score (nSPS) is 12.4. The van der Waals surface area contributed by atoms with Gasteiger partial charge in [0.05, 0.1) is 24.1 Å². The van der Waals surface area contributed by atoms with E-state index in [1.807, 2.05) is 0 Å². The maximum Gasteiger partial charge on any atom is 0.254 e. The van der Waals surface area contributed by atoms with Gasteiger partial charge in [-0.2, -0.15) is 4.37 Å². The van der Waals surface area contributed by atoms with Crippen molar-refractivity contribution < 1.29 is 14.3 Å². The third-order valence-electron chi connectivity index (χ3n) is 2.37. The zero-order valence-electron chi connectivity index (χ0n) is 9.21. The van der Waals surface area contributed by atoms with Crippen molar-refractivity contribution in [3.8, 4) is 0 Å². The topological polar surface area (TPSA) is 75.4 Å². The number of hydrogen-bond acceptors (Lipinski definition) is 5. The van der Waals surface area contributed by atoms with Crippen LogP contribution >= 0.6 is 11.5 Å². The van der Waals surface area contributed by atoms with Crippen molar-refractivity contribution in [2.45, 2.75) is 13.0 Å². The van der Waals surface area contributed by atoms with Crippen LogP contribution in [0.4, 0.5) is 0 Å². The predicted molar refractivity (Wildman–Crippen MR) is 62.9 cm³/mol. The SMILES string of the molecule is Cc1nscc1C(=O)NC(CO)c1ccco1. The van der Waals surface area contributed by atoms with E-state index in [1.54, 1.807) is 24.4 Å². The average molecular weight is 252 g/mol. The summed E-state index contributed by atoms with van der Waals surface area (Å²) in [7, 11) is 0. The van der Waals surface area contributed by atoms with Crippen LogP contribution in [-0.4, -0.2) is 22.0 Å². The molecule has 2 aromatic rings. The summed E-state index contributed by atoms with van der Waals surface area (Å²) < 4.78 is 9.18. The number of aryl methyl sites for hydroxylation is 1. The Hall–Kier alpha value is -1.66. The molecule has 0 aliphatic heterocycles. The third kappa shape index (κ3) is 2.54. The van der Waals surface area contributed by atoms with E-state index in [0.717, 1.165) is 0 Å². The van der Waals surface area contributed by atoms with Crippen LogP contribution in [0.15, 0.2) is 28.2 Å². The van der Waals surface area contributed by atoms with Crippen LogP contribution in [0.5, 0.6) is 0 Å². The molecule has 0 radical (unpaired) electrons. The average Bonchev–Trinajstić information content (AvgIpc) is 2.96. The Morgan fingerprint density at radius 2 is 2.53 bits per heavy atom.